The highest BCUT2D eigenvalue weighted by molar-refractivity contribution is 5.78. The summed E-state index contributed by atoms with van der Waals surface area (Å²) < 4.78 is 0. The zero-order valence-corrected chi connectivity index (χ0v) is 14.9. The van der Waals surface area contributed by atoms with Crippen LogP contribution in [0.5, 0.6) is 0 Å². The lowest BCUT2D eigenvalue weighted by molar-refractivity contribution is -0.133. The van der Waals surface area contributed by atoms with Crippen LogP contribution in [0.3, 0.4) is 0 Å². The Balaban J connectivity index is 1.68. The van der Waals surface area contributed by atoms with Gasteiger partial charge in [-0.1, -0.05) is 36.4 Å². The molecule has 2 atom stereocenters. The first-order valence-corrected chi connectivity index (χ1v) is 8.82. The predicted octanol–water partition coefficient (Wildman–Crippen LogP) is 2.25. The molecule has 0 saturated carbocycles. The van der Waals surface area contributed by atoms with Gasteiger partial charge in [0.1, 0.15) is 0 Å². The van der Waals surface area contributed by atoms with Crippen LogP contribution < -0.4 is 5.32 Å². The molecule has 5 nitrogen and oxygen atoms in total. The second-order valence-electron chi connectivity index (χ2n) is 6.57. The Morgan fingerprint density at radius 2 is 2.12 bits per heavy atom. The van der Waals surface area contributed by atoms with Gasteiger partial charge in [-0.3, -0.25) is 14.7 Å². The van der Waals surface area contributed by atoms with Gasteiger partial charge < -0.3 is 10.2 Å². The van der Waals surface area contributed by atoms with E-state index in [1.807, 2.05) is 42.4 Å². The van der Waals surface area contributed by atoms with E-state index in [-0.39, 0.29) is 18.0 Å². The molecule has 0 spiro atoms. The molecular weight excluding hydrogens is 312 g/mol. The highest BCUT2D eigenvalue weighted by Gasteiger charge is 2.27. The summed E-state index contributed by atoms with van der Waals surface area (Å²) in [6, 6.07) is 14.4. The number of likely N-dealkylation sites (N-methyl/N-ethyl adjacent to an activating group) is 1. The molecule has 1 amide bonds. The minimum absolute atomic E-state index is 0.0634. The maximum atomic E-state index is 12.9. The van der Waals surface area contributed by atoms with Crippen LogP contribution in [0.15, 0.2) is 54.9 Å². The molecule has 1 aromatic heterocycles. The lowest BCUT2D eigenvalue weighted by Crippen LogP contribution is -2.50. The largest absolute Gasteiger partial charge is 0.338 e. The molecule has 132 valence electrons. The molecule has 0 aliphatic carbocycles. The molecule has 3 rings (SSSR count). The maximum absolute atomic E-state index is 12.9. The molecule has 0 radical (unpaired) electrons. The number of carbonyl (C=O) groups excluding carboxylic acids is 1. The average molecular weight is 338 g/mol. The van der Waals surface area contributed by atoms with E-state index < -0.39 is 0 Å². The van der Waals surface area contributed by atoms with Crippen molar-refractivity contribution in [1.82, 2.24) is 20.1 Å². The Kier molecular flexibility index (Phi) is 5.79. The van der Waals surface area contributed by atoms with Crippen molar-refractivity contribution in [1.29, 1.82) is 0 Å². The van der Waals surface area contributed by atoms with Gasteiger partial charge in [0.2, 0.25) is 5.91 Å². The minimum Gasteiger partial charge on any atom is -0.338 e. The van der Waals surface area contributed by atoms with Crippen LogP contribution >= 0.6 is 0 Å². The molecule has 1 aromatic carbocycles. The maximum Gasteiger partial charge on any atom is 0.237 e. The molecule has 1 saturated heterocycles. The van der Waals surface area contributed by atoms with Gasteiger partial charge in [0.15, 0.2) is 0 Å². The van der Waals surface area contributed by atoms with Crippen LogP contribution in [-0.2, 0) is 4.79 Å². The highest BCUT2D eigenvalue weighted by Crippen LogP contribution is 2.23. The van der Waals surface area contributed by atoms with Crippen molar-refractivity contribution in [2.75, 3.05) is 33.2 Å². The molecule has 1 aliphatic heterocycles. The van der Waals surface area contributed by atoms with E-state index in [0.717, 1.165) is 30.8 Å². The van der Waals surface area contributed by atoms with Crippen molar-refractivity contribution in [2.24, 2.45) is 0 Å². The van der Waals surface area contributed by atoms with Crippen molar-refractivity contribution >= 4 is 5.91 Å². The van der Waals surface area contributed by atoms with Gasteiger partial charge in [-0.05, 0) is 24.1 Å². The fourth-order valence-corrected chi connectivity index (χ4v) is 3.29. The molecule has 2 unspecified atom stereocenters. The van der Waals surface area contributed by atoms with E-state index in [1.165, 1.54) is 0 Å². The lowest BCUT2D eigenvalue weighted by Gasteiger charge is -2.37. The van der Waals surface area contributed by atoms with Gasteiger partial charge in [0.25, 0.3) is 0 Å². The van der Waals surface area contributed by atoms with Crippen molar-refractivity contribution in [2.45, 2.75) is 19.0 Å². The van der Waals surface area contributed by atoms with Crippen LogP contribution in [-0.4, -0.2) is 53.9 Å². The summed E-state index contributed by atoms with van der Waals surface area (Å²) in [4.78, 5) is 21.2. The van der Waals surface area contributed by atoms with Crippen LogP contribution in [0.1, 0.15) is 30.1 Å². The SMILES string of the molecule is CC(c1ccccc1)N(C)C(=O)CN1CCNCC1c1cccnc1. The Labute approximate surface area is 149 Å². The van der Waals surface area contributed by atoms with Crippen molar-refractivity contribution in [3.05, 3.63) is 66.0 Å². The monoisotopic (exact) mass is 338 g/mol. The highest BCUT2D eigenvalue weighted by atomic mass is 16.2. The van der Waals surface area contributed by atoms with Crippen molar-refractivity contribution < 1.29 is 4.79 Å². The normalized spacial score (nSPS) is 19.4. The number of piperazine rings is 1. The standard InChI is InChI=1S/C20H26N4O/c1-16(17-7-4-3-5-8-17)23(2)20(25)15-24-12-11-22-14-19(24)18-9-6-10-21-13-18/h3-10,13,16,19,22H,11-12,14-15H2,1-2H3. The van der Waals surface area contributed by atoms with Gasteiger partial charge in [0, 0.05) is 45.1 Å². The molecule has 0 bridgehead atoms. The summed E-state index contributed by atoms with van der Waals surface area (Å²) >= 11 is 0. The summed E-state index contributed by atoms with van der Waals surface area (Å²) in [6.07, 6.45) is 3.68. The Morgan fingerprint density at radius 3 is 2.84 bits per heavy atom. The molecule has 2 aromatic rings. The van der Waals surface area contributed by atoms with Gasteiger partial charge in [-0.15, -0.1) is 0 Å². The second kappa shape index (κ2) is 8.23. The number of nitrogens with zero attached hydrogens (tertiary/aromatic N) is 3. The first-order chi connectivity index (χ1) is 12.2. The fourth-order valence-electron chi connectivity index (χ4n) is 3.29. The van der Waals surface area contributed by atoms with E-state index in [2.05, 4.69) is 40.3 Å². The van der Waals surface area contributed by atoms with Gasteiger partial charge in [-0.25, -0.2) is 0 Å². The molecule has 25 heavy (non-hydrogen) atoms. The topological polar surface area (TPSA) is 48.5 Å². The number of carbonyl (C=O) groups is 1. The van der Waals surface area contributed by atoms with Crippen LogP contribution in [0.4, 0.5) is 0 Å². The zero-order valence-electron chi connectivity index (χ0n) is 14.9. The molecule has 2 heterocycles. The third-order valence-corrected chi connectivity index (χ3v) is 5.02. The minimum atomic E-state index is 0.0634. The number of amides is 1. The third-order valence-electron chi connectivity index (χ3n) is 5.02. The Hall–Kier alpha value is -2.24. The van der Waals surface area contributed by atoms with E-state index in [1.54, 1.807) is 6.20 Å². The van der Waals surface area contributed by atoms with Crippen molar-refractivity contribution in [3.63, 3.8) is 0 Å². The van der Waals surface area contributed by atoms with E-state index in [0.29, 0.717) is 6.54 Å². The van der Waals surface area contributed by atoms with Crippen LogP contribution in [0, 0.1) is 0 Å². The Morgan fingerprint density at radius 1 is 1.32 bits per heavy atom. The third kappa shape index (κ3) is 4.24. The molecule has 1 aliphatic rings. The molecule has 5 heteroatoms. The fraction of sp³-hybridized carbons (Fsp3) is 0.400. The first-order valence-electron chi connectivity index (χ1n) is 8.82. The first kappa shape index (κ1) is 17.6. The summed E-state index contributed by atoms with van der Waals surface area (Å²) in [6.45, 7) is 5.11. The van der Waals surface area contributed by atoms with Gasteiger partial charge in [0.05, 0.1) is 12.6 Å². The number of hydrogen-bond donors (Lipinski definition) is 1. The number of nitrogens with one attached hydrogen (secondary N) is 1. The van der Waals surface area contributed by atoms with Gasteiger partial charge in [-0.2, -0.15) is 0 Å². The lowest BCUT2D eigenvalue weighted by atomic mass is 10.0. The average Bonchev–Trinajstić information content (AvgIpc) is 2.68. The summed E-state index contributed by atoms with van der Waals surface area (Å²) in [7, 11) is 1.89. The number of hydrogen-bond acceptors (Lipinski definition) is 4. The summed E-state index contributed by atoms with van der Waals surface area (Å²) in [5.74, 6) is 0.146. The van der Waals surface area contributed by atoms with E-state index in [9.17, 15) is 4.79 Å². The quantitative estimate of drug-likeness (QED) is 0.908. The Bertz CT molecular complexity index is 677. The molecule has 1 N–H and O–H groups in total. The number of aromatic nitrogens is 1. The van der Waals surface area contributed by atoms with E-state index in [4.69, 9.17) is 0 Å². The zero-order chi connectivity index (χ0) is 17.6. The second-order valence-corrected chi connectivity index (χ2v) is 6.57. The number of pyridine rings is 1. The molecular formula is C20H26N4O. The smallest absolute Gasteiger partial charge is 0.237 e. The summed E-state index contributed by atoms with van der Waals surface area (Å²) in [5, 5.41) is 3.42. The van der Waals surface area contributed by atoms with Crippen LogP contribution in [0.25, 0.3) is 0 Å². The van der Waals surface area contributed by atoms with Crippen LogP contribution in [0.2, 0.25) is 0 Å². The summed E-state index contributed by atoms with van der Waals surface area (Å²) in [5.41, 5.74) is 2.31. The predicted molar refractivity (Wildman–Crippen MR) is 99.0 cm³/mol. The number of rotatable bonds is 5. The van der Waals surface area contributed by atoms with Crippen molar-refractivity contribution in [3.8, 4) is 0 Å². The number of benzene rings is 1. The van der Waals surface area contributed by atoms with E-state index >= 15 is 0 Å². The molecule has 1 fully saturated rings. The van der Waals surface area contributed by atoms with Gasteiger partial charge >= 0.3 is 0 Å².